The number of nitrogens with zero attached hydrogens (tertiary/aromatic N) is 2. The zero-order valence-electron chi connectivity index (χ0n) is 16.6. The summed E-state index contributed by atoms with van der Waals surface area (Å²) in [5, 5.41) is 0.802. The molecule has 0 saturated carbocycles. The zero-order chi connectivity index (χ0) is 20.1. The summed E-state index contributed by atoms with van der Waals surface area (Å²) in [6.45, 7) is 2.90. The maximum absolute atomic E-state index is 12.8. The minimum atomic E-state index is 0.0761. The fourth-order valence-electron chi connectivity index (χ4n) is 3.01. The molecule has 0 aliphatic rings. The Morgan fingerprint density at radius 1 is 1.07 bits per heavy atom. The van der Waals surface area contributed by atoms with Crippen molar-refractivity contribution in [3.05, 3.63) is 64.7 Å². The zero-order valence-corrected chi connectivity index (χ0v) is 17.4. The van der Waals surface area contributed by atoms with Crippen LogP contribution in [-0.4, -0.2) is 43.5 Å². The second-order valence-electron chi connectivity index (χ2n) is 6.58. The van der Waals surface area contributed by atoms with Crippen molar-refractivity contribution in [2.75, 3.05) is 27.8 Å². The number of benzene rings is 2. The van der Waals surface area contributed by atoms with Gasteiger partial charge < -0.3 is 9.47 Å². The summed E-state index contributed by atoms with van der Waals surface area (Å²) in [6.07, 6.45) is 0. The standard InChI is InChI=1S/C22H24N2O3S/c1-15-21(28-22(23-15)18-7-5-6-8-20(18)27-4)19(25)14-24(2)13-16-9-11-17(26-3)12-10-16/h5-12H,13-14H2,1-4H3. The van der Waals surface area contributed by atoms with Crippen LogP contribution in [0.15, 0.2) is 48.5 Å². The Labute approximate surface area is 169 Å². The molecule has 0 bridgehead atoms. The van der Waals surface area contributed by atoms with E-state index >= 15 is 0 Å². The molecule has 3 aromatic rings. The Bertz CT molecular complexity index is 951. The van der Waals surface area contributed by atoms with Gasteiger partial charge in [0.25, 0.3) is 0 Å². The molecule has 1 aromatic heterocycles. The number of methoxy groups -OCH3 is 2. The number of para-hydroxylation sites is 1. The topological polar surface area (TPSA) is 51.7 Å². The molecule has 0 aliphatic carbocycles. The SMILES string of the molecule is COc1ccc(CN(C)CC(=O)c2sc(-c3ccccc3OC)nc2C)cc1. The molecule has 0 radical (unpaired) electrons. The van der Waals surface area contributed by atoms with Crippen molar-refractivity contribution in [2.24, 2.45) is 0 Å². The number of hydrogen-bond donors (Lipinski definition) is 0. The van der Waals surface area contributed by atoms with Gasteiger partial charge in [-0.2, -0.15) is 0 Å². The molecule has 0 saturated heterocycles. The van der Waals surface area contributed by atoms with Crippen LogP contribution in [0.25, 0.3) is 10.6 Å². The molecule has 146 valence electrons. The summed E-state index contributed by atoms with van der Waals surface area (Å²) in [7, 11) is 5.23. The van der Waals surface area contributed by atoms with Crippen LogP contribution in [0.5, 0.6) is 11.5 Å². The number of thiazole rings is 1. The van der Waals surface area contributed by atoms with Crippen LogP contribution >= 0.6 is 11.3 Å². The van der Waals surface area contributed by atoms with E-state index in [2.05, 4.69) is 4.98 Å². The fraction of sp³-hybridized carbons (Fsp3) is 0.273. The van der Waals surface area contributed by atoms with Crippen LogP contribution in [0.4, 0.5) is 0 Å². The van der Waals surface area contributed by atoms with Crippen molar-refractivity contribution in [1.29, 1.82) is 0 Å². The average molecular weight is 397 g/mol. The number of carbonyl (C=O) groups is 1. The van der Waals surface area contributed by atoms with Gasteiger partial charge in [-0.05, 0) is 43.8 Å². The van der Waals surface area contributed by atoms with Crippen molar-refractivity contribution < 1.29 is 14.3 Å². The average Bonchev–Trinajstić information content (AvgIpc) is 3.10. The predicted molar refractivity (Wildman–Crippen MR) is 112 cm³/mol. The number of Topliss-reactive ketones (excluding diaryl/α,β-unsaturated/α-hetero) is 1. The van der Waals surface area contributed by atoms with Crippen LogP contribution in [0.3, 0.4) is 0 Å². The van der Waals surface area contributed by atoms with Gasteiger partial charge in [-0.25, -0.2) is 4.98 Å². The summed E-state index contributed by atoms with van der Waals surface area (Å²) in [5.74, 6) is 1.66. The van der Waals surface area contributed by atoms with Crippen LogP contribution < -0.4 is 9.47 Å². The highest BCUT2D eigenvalue weighted by Gasteiger charge is 2.19. The van der Waals surface area contributed by atoms with Gasteiger partial charge in [-0.1, -0.05) is 24.3 Å². The van der Waals surface area contributed by atoms with Gasteiger partial charge in [0.2, 0.25) is 0 Å². The van der Waals surface area contributed by atoms with Crippen molar-refractivity contribution >= 4 is 17.1 Å². The molecule has 0 spiro atoms. The molecule has 28 heavy (non-hydrogen) atoms. The smallest absolute Gasteiger partial charge is 0.188 e. The predicted octanol–water partition coefficient (Wildman–Crippen LogP) is 4.45. The number of hydrogen-bond acceptors (Lipinski definition) is 6. The van der Waals surface area contributed by atoms with Crippen LogP contribution in [0.1, 0.15) is 20.9 Å². The first-order valence-electron chi connectivity index (χ1n) is 8.97. The molecular formula is C22H24N2O3S. The lowest BCUT2D eigenvalue weighted by Gasteiger charge is -2.15. The molecule has 0 aliphatic heterocycles. The Morgan fingerprint density at radius 3 is 2.46 bits per heavy atom. The number of ether oxygens (including phenoxy) is 2. The molecule has 5 nitrogen and oxygen atoms in total. The summed E-state index contributed by atoms with van der Waals surface area (Å²) in [5.41, 5.74) is 2.80. The van der Waals surface area contributed by atoms with Gasteiger partial charge in [0.05, 0.1) is 36.9 Å². The molecule has 2 aromatic carbocycles. The Hall–Kier alpha value is -2.70. The van der Waals surface area contributed by atoms with Gasteiger partial charge in [-0.15, -0.1) is 11.3 Å². The normalized spacial score (nSPS) is 10.9. The van der Waals surface area contributed by atoms with E-state index < -0.39 is 0 Å². The van der Waals surface area contributed by atoms with Crippen molar-refractivity contribution in [1.82, 2.24) is 9.88 Å². The maximum Gasteiger partial charge on any atom is 0.188 e. The summed E-state index contributed by atoms with van der Waals surface area (Å²) in [4.78, 5) is 20.2. The summed E-state index contributed by atoms with van der Waals surface area (Å²) in [6, 6.07) is 15.6. The largest absolute Gasteiger partial charge is 0.497 e. The molecule has 0 atom stereocenters. The lowest BCUT2D eigenvalue weighted by molar-refractivity contribution is 0.0946. The van der Waals surface area contributed by atoms with Gasteiger partial charge in [0.1, 0.15) is 16.5 Å². The highest BCUT2D eigenvalue weighted by molar-refractivity contribution is 7.17. The highest BCUT2D eigenvalue weighted by atomic mass is 32.1. The minimum Gasteiger partial charge on any atom is -0.497 e. The Morgan fingerprint density at radius 2 is 1.79 bits per heavy atom. The van der Waals surface area contributed by atoms with E-state index in [9.17, 15) is 4.79 Å². The Kier molecular flexibility index (Phi) is 6.44. The number of likely N-dealkylation sites (N-methyl/N-ethyl adjacent to an activating group) is 1. The van der Waals surface area contributed by atoms with E-state index in [0.717, 1.165) is 33.3 Å². The first-order valence-corrected chi connectivity index (χ1v) is 9.79. The second-order valence-corrected chi connectivity index (χ2v) is 7.58. The third-order valence-corrected chi connectivity index (χ3v) is 5.64. The number of aryl methyl sites for hydroxylation is 1. The Balaban J connectivity index is 1.71. The highest BCUT2D eigenvalue weighted by Crippen LogP contribution is 2.34. The first kappa shape index (κ1) is 20.0. The lowest BCUT2D eigenvalue weighted by atomic mass is 10.2. The molecule has 0 N–H and O–H groups in total. The minimum absolute atomic E-state index is 0.0761. The number of carbonyl (C=O) groups excluding carboxylic acids is 1. The third-order valence-electron chi connectivity index (χ3n) is 4.41. The van der Waals surface area contributed by atoms with Crippen molar-refractivity contribution in [2.45, 2.75) is 13.5 Å². The maximum atomic E-state index is 12.8. The fourth-order valence-corrected chi connectivity index (χ4v) is 4.03. The second kappa shape index (κ2) is 8.99. The molecule has 3 rings (SSSR count). The molecule has 1 heterocycles. The van der Waals surface area contributed by atoms with E-state index in [1.54, 1.807) is 14.2 Å². The number of ketones is 1. The third kappa shape index (κ3) is 4.58. The number of rotatable bonds is 8. The van der Waals surface area contributed by atoms with Gasteiger partial charge >= 0.3 is 0 Å². The van der Waals surface area contributed by atoms with Crippen molar-refractivity contribution in [3.8, 4) is 22.1 Å². The van der Waals surface area contributed by atoms with E-state index in [-0.39, 0.29) is 5.78 Å². The van der Waals surface area contributed by atoms with Crippen LogP contribution in [0.2, 0.25) is 0 Å². The molecule has 0 fully saturated rings. The van der Waals surface area contributed by atoms with Gasteiger partial charge in [0.15, 0.2) is 5.78 Å². The summed E-state index contributed by atoms with van der Waals surface area (Å²) < 4.78 is 10.6. The van der Waals surface area contributed by atoms with Gasteiger partial charge in [0, 0.05) is 6.54 Å². The van der Waals surface area contributed by atoms with E-state index in [1.165, 1.54) is 11.3 Å². The molecular weight excluding hydrogens is 372 g/mol. The van der Waals surface area contributed by atoms with Crippen LogP contribution in [-0.2, 0) is 6.54 Å². The van der Waals surface area contributed by atoms with E-state index in [0.29, 0.717) is 18.0 Å². The number of aromatic nitrogens is 1. The van der Waals surface area contributed by atoms with Gasteiger partial charge in [-0.3, -0.25) is 9.69 Å². The molecule has 6 heteroatoms. The quantitative estimate of drug-likeness (QED) is 0.527. The molecule has 0 amide bonds. The van der Waals surface area contributed by atoms with Crippen molar-refractivity contribution in [3.63, 3.8) is 0 Å². The van der Waals surface area contributed by atoms with E-state index in [1.807, 2.05) is 67.4 Å². The lowest BCUT2D eigenvalue weighted by Crippen LogP contribution is -2.25. The van der Waals surface area contributed by atoms with E-state index in [4.69, 9.17) is 9.47 Å². The monoisotopic (exact) mass is 396 g/mol. The first-order chi connectivity index (χ1) is 13.5. The molecule has 0 unspecified atom stereocenters. The summed E-state index contributed by atoms with van der Waals surface area (Å²) >= 11 is 1.42. The van der Waals surface area contributed by atoms with Crippen LogP contribution in [0, 0.1) is 6.92 Å².